The Balaban J connectivity index is 2.10. The van der Waals surface area contributed by atoms with E-state index in [4.69, 9.17) is 5.73 Å². The van der Waals surface area contributed by atoms with Gasteiger partial charge >= 0.3 is 0 Å². The molecule has 0 aliphatic rings. The Morgan fingerprint density at radius 2 is 1.90 bits per heavy atom. The predicted molar refractivity (Wildman–Crippen MR) is 85.8 cm³/mol. The van der Waals surface area contributed by atoms with E-state index >= 15 is 0 Å². The molecular formula is C16H14BrN3. The van der Waals surface area contributed by atoms with E-state index in [1.54, 1.807) is 0 Å². The molecule has 100 valence electrons. The lowest BCUT2D eigenvalue weighted by Crippen LogP contribution is -1.95. The molecular weight excluding hydrogens is 314 g/mol. The number of rotatable bonds is 2. The molecule has 2 N–H and O–H groups in total. The Hall–Kier alpha value is -2.07. The number of halogens is 1. The van der Waals surface area contributed by atoms with Gasteiger partial charge in [0.05, 0.1) is 17.6 Å². The van der Waals surface area contributed by atoms with E-state index in [0.29, 0.717) is 5.69 Å². The highest BCUT2D eigenvalue weighted by atomic mass is 79.9. The summed E-state index contributed by atoms with van der Waals surface area (Å²) in [5, 5.41) is 4.62. The molecule has 0 unspecified atom stereocenters. The SMILES string of the molecule is Cc1ccccc1-c1nn(-c2cccc(Br)c2)cc1N. The van der Waals surface area contributed by atoms with E-state index in [0.717, 1.165) is 21.4 Å². The predicted octanol–water partition coefficient (Wildman–Crippen LogP) is 4.19. The van der Waals surface area contributed by atoms with Gasteiger partial charge in [-0.2, -0.15) is 5.10 Å². The molecule has 20 heavy (non-hydrogen) atoms. The van der Waals surface area contributed by atoms with Gasteiger partial charge in [-0.25, -0.2) is 4.68 Å². The second kappa shape index (κ2) is 5.13. The third-order valence-corrected chi connectivity index (χ3v) is 3.71. The van der Waals surface area contributed by atoms with Gasteiger partial charge in [0.15, 0.2) is 0 Å². The van der Waals surface area contributed by atoms with E-state index in [1.807, 2.05) is 53.3 Å². The van der Waals surface area contributed by atoms with Gasteiger partial charge in [0, 0.05) is 10.0 Å². The molecule has 0 bridgehead atoms. The molecule has 3 nitrogen and oxygen atoms in total. The average Bonchev–Trinajstić information content (AvgIpc) is 2.81. The van der Waals surface area contributed by atoms with Crippen LogP contribution in [0.25, 0.3) is 16.9 Å². The summed E-state index contributed by atoms with van der Waals surface area (Å²) in [6, 6.07) is 16.1. The Kier molecular flexibility index (Phi) is 3.32. The Morgan fingerprint density at radius 1 is 1.10 bits per heavy atom. The summed E-state index contributed by atoms with van der Waals surface area (Å²) in [7, 11) is 0. The van der Waals surface area contributed by atoms with Crippen LogP contribution in [0.3, 0.4) is 0 Å². The van der Waals surface area contributed by atoms with Crippen molar-refractivity contribution < 1.29 is 0 Å². The zero-order valence-corrected chi connectivity index (χ0v) is 12.6. The number of aromatic nitrogens is 2. The monoisotopic (exact) mass is 327 g/mol. The van der Waals surface area contributed by atoms with Gasteiger partial charge in [0.2, 0.25) is 0 Å². The van der Waals surface area contributed by atoms with Crippen molar-refractivity contribution in [1.29, 1.82) is 0 Å². The van der Waals surface area contributed by atoms with Crippen LogP contribution in [0.5, 0.6) is 0 Å². The van der Waals surface area contributed by atoms with Crippen molar-refractivity contribution in [2.75, 3.05) is 5.73 Å². The van der Waals surface area contributed by atoms with Crippen LogP contribution in [0, 0.1) is 6.92 Å². The number of aryl methyl sites for hydroxylation is 1. The molecule has 3 aromatic rings. The smallest absolute Gasteiger partial charge is 0.116 e. The first-order valence-corrected chi connectivity index (χ1v) is 7.11. The Morgan fingerprint density at radius 3 is 2.65 bits per heavy atom. The van der Waals surface area contributed by atoms with Crippen molar-refractivity contribution in [3.63, 3.8) is 0 Å². The van der Waals surface area contributed by atoms with Crippen molar-refractivity contribution >= 4 is 21.6 Å². The number of benzene rings is 2. The largest absolute Gasteiger partial charge is 0.396 e. The van der Waals surface area contributed by atoms with Gasteiger partial charge in [-0.05, 0) is 30.7 Å². The fraction of sp³-hybridized carbons (Fsp3) is 0.0625. The molecule has 0 fully saturated rings. The number of hydrogen-bond donors (Lipinski definition) is 1. The normalized spacial score (nSPS) is 10.7. The van der Waals surface area contributed by atoms with Gasteiger partial charge in [0.1, 0.15) is 5.69 Å². The summed E-state index contributed by atoms with van der Waals surface area (Å²) in [6.45, 7) is 2.06. The van der Waals surface area contributed by atoms with E-state index in [2.05, 4.69) is 34.0 Å². The number of nitrogens with two attached hydrogens (primary N) is 1. The quantitative estimate of drug-likeness (QED) is 0.766. The van der Waals surface area contributed by atoms with Crippen molar-refractivity contribution in [3.05, 3.63) is 64.8 Å². The minimum Gasteiger partial charge on any atom is -0.396 e. The maximum Gasteiger partial charge on any atom is 0.116 e. The molecule has 0 saturated carbocycles. The molecule has 0 aliphatic heterocycles. The summed E-state index contributed by atoms with van der Waals surface area (Å²) in [5.41, 5.74) is 10.8. The van der Waals surface area contributed by atoms with Crippen LogP contribution in [0.2, 0.25) is 0 Å². The summed E-state index contributed by atoms with van der Waals surface area (Å²) in [4.78, 5) is 0. The summed E-state index contributed by atoms with van der Waals surface area (Å²) >= 11 is 3.47. The van der Waals surface area contributed by atoms with Crippen LogP contribution >= 0.6 is 15.9 Å². The van der Waals surface area contributed by atoms with E-state index in [9.17, 15) is 0 Å². The van der Waals surface area contributed by atoms with E-state index < -0.39 is 0 Å². The number of nitrogen functional groups attached to an aromatic ring is 1. The van der Waals surface area contributed by atoms with Crippen molar-refractivity contribution in [2.45, 2.75) is 6.92 Å². The third-order valence-electron chi connectivity index (χ3n) is 3.22. The highest BCUT2D eigenvalue weighted by Gasteiger charge is 2.11. The first-order valence-electron chi connectivity index (χ1n) is 6.32. The molecule has 0 radical (unpaired) electrons. The maximum atomic E-state index is 6.12. The van der Waals surface area contributed by atoms with Gasteiger partial charge < -0.3 is 5.73 Å². The van der Waals surface area contributed by atoms with Crippen molar-refractivity contribution in [1.82, 2.24) is 9.78 Å². The molecule has 1 heterocycles. The standard InChI is InChI=1S/C16H14BrN3/c1-11-5-2-3-8-14(11)16-15(18)10-20(19-16)13-7-4-6-12(17)9-13/h2-10H,18H2,1H3. The molecule has 0 atom stereocenters. The zero-order chi connectivity index (χ0) is 14.1. The molecule has 0 amide bonds. The lowest BCUT2D eigenvalue weighted by molar-refractivity contribution is 0.883. The minimum absolute atomic E-state index is 0.680. The van der Waals surface area contributed by atoms with Gasteiger partial charge in [-0.3, -0.25) is 0 Å². The molecule has 4 heteroatoms. The molecule has 1 aromatic heterocycles. The van der Waals surface area contributed by atoms with E-state index in [1.165, 1.54) is 5.56 Å². The zero-order valence-electron chi connectivity index (χ0n) is 11.0. The second-order valence-electron chi connectivity index (χ2n) is 4.67. The van der Waals surface area contributed by atoms with Crippen molar-refractivity contribution in [3.8, 4) is 16.9 Å². The highest BCUT2D eigenvalue weighted by molar-refractivity contribution is 9.10. The molecule has 2 aromatic carbocycles. The van der Waals surface area contributed by atoms with Gasteiger partial charge in [-0.15, -0.1) is 0 Å². The van der Waals surface area contributed by atoms with Crippen LogP contribution in [-0.4, -0.2) is 9.78 Å². The molecule has 0 saturated heterocycles. The van der Waals surface area contributed by atoms with Crippen LogP contribution < -0.4 is 5.73 Å². The summed E-state index contributed by atoms with van der Waals surface area (Å²) in [6.07, 6.45) is 1.85. The van der Waals surface area contributed by atoms with Crippen LogP contribution in [-0.2, 0) is 0 Å². The van der Waals surface area contributed by atoms with Crippen LogP contribution in [0.4, 0.5) is 5.69 Å². The van der Waals surface area contributed by atoms with E-state index in [-0.39, 0.29) is 0 Å². The van der Waals surface area contributed by atoms with Crippen LogP contribution in [0.15, 0.2) is 59.2 Å². The average molecular weight is 328 g/mol. The maximum absolute atomic E-state index is 6.12. The van der Waals surface area contributed by atoms with Gasteiger partial charge in [-0.1, -0.05) is 46.3 Å². The number of hydrogen-bond acceptors (Lipinski definition) is 2. The Bertz CT molecular complexity index is 762. The number of anilines is 1. The highest BCUT2D eigenvalue weighted by Crippen LogP contribution is 2.28. The Labute approximate surface area is 126 Å². The first-order chi connectivity index (χ1) is 9.65. The summed E-state index contributed by atoms with van der Waals surface area (Å²) < 4.78 is 2.82. The topological polar surface area (TPSA) is 43.8 Å². The summed E-state index contributed by atoms with van der Waals surface area (Å²) in [5.74, 6) is 0. The lowest BCUT2D eigenvalue weighted by atomic mass is 10.1. The van der Waals surface area contributed by atoms with Gasteiger partial charge in [0.25, 0.3) is 0 Å². The fourth-order valence-corrected chi connectivity index (χ4v) is 2.57. The minimum atomic E-state index is 0.680. The molecule has 3 rings (SSSR count). The van der Waals surface area contributed by atoms with Crippen LogP contribution in [0.1, 0.15) is 5.56 Å². The molecule has 0 aliphatic carbocycles. The first kappa shape index (κ1) is 12.9. The molecule has 0 spiro atoms. The second-order valence-corrected chi connectivity index (χ2v) is 5.59. The lowest BCUT2D eigenvalue weighted by Gasteiger charge is -2.03. The fourth-order valence-electron chi connectivity index (χ4n) is 2.19. The third kappa shape index (κ3) is 2.34. The van der Waals surface area contributed by atoms with Crippen molar-refractivity contribution in [2.24, 2.45) is 0 Å². The number of nitrogens with zero attached hydrogens (tertiary/aromatic N) is 2.